The fourth-order valence-corrected chi connectivity index (χ4v) is 2.63. The molecule has 1 N–H and O–H groups in total. The van der Waals surface area contributed by atoms with Crippen LogP contribution in [0.4, 0.5) is 0 Å². The summed E-state index contributed by atoms with van der Waals surface area (Å²) >= 11 is 0. The van der Waals surface area contributed by atoms with Gasteiger partial charge in [0.25, 0.3) is 0 Å². The van der Waals surface area contributed by atoms with E-state index in [-0.39, 0.29) is 5.92 Å². The third kappa shape index (κ3) is 4.97. The zero-order chi connectivity index (χ0) is 13.4. The Morgan fingerprint density at radius 2 is 1.78 bits per heavy atom. The van der Waals surface area contributed by atoms with Gasteiger partial charge in [0.2, 0.25) is 5.91 Å². The van der Waals surface area contributed by atoms with Crippen LogP contribution in [0.1, 0.15) is 52.9 Å². The second-order valence-corrected chi connectivity index (χ2v) is 5.73. The molecule has 1 amide bonds. The molecule has 106 valence electrons. The number of amides is 1. The van der Waals surface area contributed by atoms with E-state index in [4.69, 9.17) is 0 Å². The lowest BCUT2D eigenvalue weighted by Crippen LogP contribution is -2.45. The quantitative estimate of drug-likeness (QED) is 0.757. The first-order valence-electron chi connectivity index (χ1n) is 7.68. The molecule has 1 fully saturated rings. The molecule has 1 saturated heterocycles. The minimum absolute atomic E-state index is 0.211. The highest BCUT2D eigenvalue weighted by Crippen LogP contribution is 2.18. The monoisotopic (exact) mass is 254 g/mol. The van der Waals surface area contributed by atoms with E-state index in [0.717, 1.165) is 58.3 Å². The second kappa shape index (κ2) is 8.52. The number of rotatable bonds is 7. The first kappa shape index (κ1) is 15.5. The van der Waals surface area contributed by atoms with Crippen molar-refractivity contribution < 1.29 is 4.79 Å². The molecule has 0 radical (unpaired) electrons. The van der Waals surface area contributed by atoms with Crippen molar-refractivity contribution >= 4 is 5.91 Å². The van der Waals surface area contributed by atoms with Crippen LogP contribution in [0, 0.1) is 11.8 Å². The van der Waals surface area contributed by atoms with Crippen molar-refractivity contribution in [2.24, 2.45) is 11.8 Å². The summed E-state index contributed by atoms with van der Waals surface area (Å²) in [7, 11) is 0. The Balaban J connectivity index is 2.50. The first-order valence-corrected chi connectivity index (χ1v) is 7.68. The molecule has 1 rings (SSSR count). The summed E-state index contributed by atoms with van der Waals surface area (Å²) in [4.78, 5) is 14.7. The molecule has 3 heteroatoms. The Bertz CT molecular complexity index is 235. The summed E-state index contributed by atoms with van der Waals surface area (Å²) in [5.41, 5.74) is 0. The van der Waals surface area contributed by atoms with Crippen LogP contribution in [0.2, 0.25) is 0 Å². The van der Waals surface area contributed by atoms with Gasteiger partial charge in [-0.2, -0.15) is 0 Å². The molecule has 1 aliphatic heterocycles. The summed E-state index contributed by atoms with van der Waals surface area (Å²) in [6.07, 6.45) is 5.64. The number of nitrogens with zero attached hydrogens (tertiary/aromatic N) is 1. The van der Waals surface area contributed by atoms with Crippen molar-refractivity contribution in [1.82, 2.24) is 10.2 Å². The van der Waals surface area contributed by atoms with Crippen LogP contribution in [0.3, 0.4) is 0 Å². The average molecular weight is 254 g/mol. The van der Waals surface area contributed by atoms with Crippen LogP contribution in [0.15, 0.2) is 0 Å². The van der Waals surface area contributed by atoms with Crippen LogP contribution < -0.4 is 5.32 Å². The van der Waals surface area contributed by atoms with E-state index < -0.39 is 0 Å². The third-order valence-corrected chi connectivity index (χ3v) is 3.79. The zero-order valence-corrected chi connectivity index (χ0v) is 12.4. The van der Waals surface area contributed by atoms with Crippen molar-refractivity contribution in [3.05, 3.63) is 0 Å². The molecule has 0 saturated carbocycles. The van der Waals surface area contributed by atoms with Gasteiger partial charge in [-0.25, -0.2) is 0 Å². The Kier molecular flexibility index (Phi) is 7.33. The number of nitrogens with one attached hydrogen (secondary N) is 1. The number of unbranched alkanes of at least 4 members (excludes halogenated alkanes) is 2. The maximum atomic E-state index is 12.5. The molecule has 0 bridgehead atoms. The maximum Gasteiger partial charge on any atom is 0.226 e. The molecule has 0 aromatic rings. The number of carbonyl (C=O) groups excluding carboxylic acids is 1. The molecule has 0 aromatic carbocycles. The minimum Gasteiger partial charge on any atom is -0.342 e. The van der Waals surface area contributed by atoms with Crippen molar-refractivity contribution in [2.75, 3.05) is 26.2 Å². The predicted octanol–water partition coefficient (Wildman–Crippen LogP) is 2.66. The second-order valence-electron chi connectivity index (χ2n) is 5.73. The number of carbonyl (C=O) groups is 1. The SMILES string of the molecule is CCCCN(CCCC)C(=O)C1CNCC(C)C1. The lowest BCUT2D eigenvalue weighted by Gasteiger charge is -2.32. The molecule has 2 unspecified atom stereocenters. The average Bonchev–Trinajstić information content (AvgIpc) is 2.38. The molecule has 0 spiro atoms. The molecule has 18 heavy (non-hydrogen) atoms. The maximum absolute atomic E-state index is 12.5. The summed E-state index contributed by atoms with van der Waals surface area (Å²) < 4.78 is 0. The van der Waals surface area contributed by atoms with Crippen molar-refractivity contribution in [3.8, 4) is 0 Å². The van der Waals surface area contributed by atoms with Gasteiger partial charge in [0, 0.05) is 19.6 Å². The van der Waals surface area contributed by atoms with Crippen molar-refractivity contribution in [1.29, 1.82) is 0 Å². The summed E-state index contributed by atoms with van der Waals surface area (Å²) in [6.45, 7) is 10.4. The molecule has 1 heterocycles. The van der Waals surface area contributed by atoms with Crippen LogP contribution in [0.25, 0.3) is 0 Å². The zero-order valence-electron chi connectivity index (χ0n) is 12.4. The van der Waals surface area contributed by atoms with Crippen LogP contribution in [0.5, 0.6) is 0 Å². The van der Waals surface area contributed by atoms with E-state index in [1.54, 1.807) is 0 Å². The lowest BCUT2D eigenvalue weighted by atomic mass is 9.90. The van der Waals surface area contributed by atoms with Gasteiger partial charge in [0.05, 0.1) is 5.92 Å². The van der Waals surface area contributed by atoms with Crippen LogP contribution in [-0.4, -0.2) is 37.0 Å². The molecular weight excluding hydrogens is 224 g/mol. The van der Waals surface area contributed by atoms with Gasteiger partial charge in [-0.05, 0) is 31.7 Å². The van der Waals surface area contributed by atoms with Gasteiger partial charge in [0.15, 0.2) is 0 Å². The van der Waals surface area contributed by atoms with E-state index >= 15 is 0 Å². The van der Waals surface area contributed by atoms with Crippen LogP contribution in [-0.2, 0) is 4.79 Å². The normalized spacial score (nSPS) is 23.9. The smallest absolute Gasteiger partial charge is 0.226 e. The largest absolute Gasteiger partial charge is 0.342 e. The van der Waals surface area contributed by atoms with Gasteiger partial charge in [-0.1, -0.05) is 33.6 Å². The van der Waals surface area contributed by atoms with Gasteiger partial charge < -0.3 is 10.2 Å². The Morgan fingerprint density at radius 3 is 2.28 bits per heavy atom. The molecule has 3 nitrogen and oxygen atoms in total. The Hall–Kier alpha value is -0.570. The topological polar surface area (TPSA) is 32.3 Å². The van der Waals surface area contributed by atoms with E-state index in [1.807, 2.05) is 0 Å². The van der Waals surface area contributed by atoms with Crippen molar-refractivity contribution in [3.63, 3.8) is 0 Å². The molecule has 0 aromatic heterocycles. The molecular formula is C15H30N2O. The lowest BCUT2D eigenvalue weighted by molar-refractivity contribution is -0.136. The highest BCUT2D eigenvalue weighted by Gasteiger charge is 2.28. The first-order chi connectivity index (χ1) is 8.69. The molecule has 2 atom stereocenters. The van der Waals surface area contributed by atoms with Crippen molar-refractivity contribution in [2.45, 2.75) is 52.9 Å². The molecule has 0 aliphatic carbocycles. The number of piperidine rings is 1. The van der Waals surface area contributed by atoms with Crippen LogP contribution >= 0.6 is 0 Å². The van der Waals surface area contributed by atoms with Gasteiger partial charge >= 0.3 is 0 Å². The fourth-order valence-electron chi connectivity index (χ4n) is 2.63. The summed E-state index contributed by atoms with van der Waals surface area (Å²) in [6, 6.07) is 0. The highest BCUT2D eigenvalue weighted by molar-refractivity contribution is 5.79. The standard InChI is InChI=1S/C15H30N2O/c1-4-6-8-17(9-7-5-2)15(18)14-10-13(3)11-16-12-14/h13-14,16H,4-12H2,1-3H3. The van der Waals surface area contributed by atoms with Gasteiger partial charge in [-0.15, -0.1) is 0 Å². The predicted molar refractivity (Wildman–Crippen MR) is 76.5 cm³/mol. The van der Waals surface area contributed by atoms with E-state index in [1.165, 1.54) is 0 Å². The fraction of sp³-hybridized carbons (Fsp3) is 0.933. The molecule has 1 aliphatic rings. The Labute approximate surface area is 112 Å². The van der Waals surface area contributed by atoms with E-state index in [9.17, 15) is 4.79 Å². The van der Waals surface area contributed by atoms with E-state index in [0.29, 0.717) is 11.8 Å². The summed E-state index contributed by atoms with van der Waals surface area (Å²) in [5, 5.41) is 3.39. The minimum atomic E-state index is 0.211. The van der Waals surface area contributed by atoms with E-state index in [2.05, 4.69) is 31.0 Å². The Morgan fingerprint density at radius 1 is 1.17 bits per heavy atom. The van der Waals surface area contributed by atoms with Gasteiger partial charge in [0.1, 0.15) is 0 Å². The van der Waals surface area contributed by atoms with Gasteiger partial charge in [-0.3, -0.25) is 4.79 Å². The number of hydrogen-bond donors (Lipinski definition) is 1. The summed E-state index contributed by atoms with van der Waals surface area (Å²) in [5.74, 6) is 1.23. The number of hydrogen-bond acceptors (Lipinski definition) is 2. The highest BCUT2D eigenvalue weighted by atomic mass is 16.2. The third-order valence-electron chi connectivity index (χ3n) is 3.79.